The Hall–Kier alpha value is -1.57. The average molecular weight is 496 g/mol. The smallest absolute Gasteiger partial charge is 0.264 e. The van der Waals surface area contributed by atoms with Gasteiger partial charge in [0.25, 0.3) is 5.91 Å². The van der Waals surface area contributed by atoms with Crippen LogP contribution in [0.3, 0.4) is 0 Å². The number of carbonyl (C=O) groups excluding carboxylic acids is 1. The van der Waals surface area contributed by atoms with Gasteiger partial charge in [-0.05, 0) is 86.8 Å². The number of phenolic OH excluding ortho intramolecular Hbond substituents is 1. The monoisotopic (exact) mass is 494 g/mol. The van der Waals surface area contributed by atoms with Crippen LogP contribution in [0.1, 0.15) is 22.3 Å². The van der Waals surface area contributed by atoms with E-state index in [9.17, 15) is 9.90 Å². The third-order valence-electron chi connectivity index (χ3n) is 3.67. The van der Waals surface area contributed by atoms with Crippen molar-refractivity contribution in [2.24, 2.45) is 4.99 Å². The molecule has 26 heavy (non-hydrogen) atoms. The zero-order chi connectivity index (χ0) is 18.8. The van der Waals surface area contributed by atoms with Gasteiger partial charge in [0.05, 0.1) is 20.4 Å². The average Bonchev–Trinajstić information content (AvgIpc) is 2.89. The van der Waals surface area contributed by atoms with Crippen molar-refractivity contribution in [1.82, 2.24) is 5.32 Å². The first kappa shape index (κ1) is 19.2. The van der Waals surface area contributed by atoms with Crippen LogP contribution in [0.25, 0.3) is 6.08 Å². The molecular formula is C19H16Br2N2O2S. The Kier molecular flexibility index (Phi) is 5.89. The second kappa shape index (κ2) is 7.98. The molecule has 4 nitrogen and oxygen atoms in total. The molecule has 0 aromatic heterocycles. The van der Waals surface area contributed by atoms with E-state index in [-0.39, 0.29) is 11.7 Å². The molecule has 1 amide bonds. The summed E-state index contributed by atoms with van der Waals surface area (Å²) in [6.45, 7) is 4.64. The highest BCUT2D eigenvalue weighted by Gasteiger charge is 2.23. The molecule has 0 spiro atoms. The highest BCUT2D eigenvalue weighted by Crippen LogP contribution is 2.35. The number of hydrogen-bond acceptors (Lipinski definition) is 4. The maximum atomic E-state index is 12.2. The molecule has 0 radical (unpaired) electrons. The topological polar surface area (TPSA) is 61.7 Å². The van der Waals surface area contributed by atoms with Crippen molar-refractivity contribution in [2.45, 2.75) is 20.4 Å². The maximum Gasteiger partial charge on any atom is 0.264 e. The molecule has 0 aliphatic carbocycles. The number of amides is 1. The summed E-state index contributed by atoms with van der Waals surface area (Å²) in [6.07, 6.45) is 1.77. The van der Waals surface area contributed by atoms with Crippen LogP contribution in [0.4, 0.5) is 0 Å². The van der Waals surface area contributed by atoms with Crippen molar-refractivity contribution in [1.29, 1.82) is 0 Å². The Morgan fingerprint density at radius 1 is 1.12 bits per heavy atom. The highest BCUT2D eigenvalue weighted by atomic mass is 79.9. The summed E-state index contributed by atoms with van der Waals surface area (Å²) in [7, 11) is 0. The van der Waals surface area contributed by atoms with Crippen molar-refractivity contribution in [2.75, 3.05) is 0 Å². The predicted molar refractivity (Wildman–Crippen MR) is 114 cm³/mol. The first-order valence-corrected chi connectivity index (χ1v) is 10.2. The minimum atomic E-state index is -0.172. The molecule has 0 atom stereocenters. The number of hydrogen-bond donors (Lipinski definition) is 2. The quantitative estimate of drug-likeness (QED) is 0.568. The molecule has 1 fully saturated rings. The van der Waals surface area contributed by atoms with E-state index >= 15 is 0 Å². The third kappa shape index (κ3) is 4.58. The van der Waals surface area contributed by atoms with Crippen LogP contribution in [0.15, 0.2) is 49.2 Å². The number of nitrogens with one attached hydrogen (secondary N) is 1. The number of rotatable bonds is 3. The summed E-state index contributed by atoms with van der Waals surface area (Å²) in [5.41, 5.74) is 4.32. The normalized spacial score (nSPS) is 17.2. The van der Waals surface area contributed by atoms with Crippen LogP contribution in [-0.4, -0.2) is 16.2 Å². The van der Waals surface area contributed by atoms with Gasteiger partial charge >= 0.3 is 0 Å². The van der Waals surface area contributed by atoms with E-state index < -0.39 is 0 Å². The Morgan fingerprint density at radius 2 is 1.73 bits per heavy atom. The van der Waals surface area contributed by atoms with E-state index in [2.05, 4.69) is 74.2 Å². The summed E-state index contributed by atoms with van der Waals surface area (Å²) in [5.74, 6) is -0.0409. The lowest BCUT2D eigenvalue weighted by atomic mass is 10.1. The lowest BCUT2D eigenvalue weighted by Gasteiger charge is -2.03. The molecule has 2 aromatic rings. The minimum absolute atomic E-state index is 0.131. The number of nitrogens with zero attached hydrogens (tertiary/aromatic N) is 1. The fourth-order valence-corrected chi connectivity index (χ4v) is 4.69. The molecule has 1 aliphatic rings. The van der Waals surface area contributed by atoms with Crippen LogP contribution in [0.5, 0.6) is 5.75 Å². The Balaban J connectivity index is 1.78. The molecule has 1 aliphatic heterocycles. The SMILES string of the molecule is Cc1cc(C)cc(CN=C2NC(=O)/C(=C/c3cc(Br)c(O)c(Br)c3)S2)c1. The summed E-state index contributed by atoms with van der Waals surface area (Å²) in [6, 6.07) is 9.83. The highest BCUT2D eigenvalue weighted by molar-refractivity contribution is 9.11. The lowest BCUT2D eigenvalue weighted by molar-refractivity contribution is -0.115. The first-order valence-electron chi connectivity index (χ1n) is 7.82. The molecule has 1 saturated heterocycles. The van der Waals surface area contributed by atoms with Crippen LogP contribution in [0, 0.1) is 13.8 Å². The lowest BCUT2D eigenvalue weighted by Crippen LogP contribution is -2.19. The number of carbonyl (C=O) groups is 1. The zero-order valence-corrected chi connectivity index (χ0v) is 18.1. The standard InChI is InChI=1S/C19H16Br2N2O2S/c1-10-3-11(2)5-13(4-10)9-22-19-23-18(25)16(26-19)8-12-6-14(20)17(24)15(21)7-12/h3-8,24H,9H2,1-2H3,(H,22,23,25)/b16-8-. The van der Waals surface area contributed by atoms with Gasteiger partial charge in [-0.3, -0.25) is 9.79 Å². The van der Waals surface area contributed by atoms with Crippen LogP contribution < -0.4 is 5.32 Å². The number of phenols is 1. The number of amidine groups is 1. The first-order chi connectivity index (χ1) is 12.3. The summed E-state index contributed by atoms with van der Waals surface area (Å²) >= 11 is 7.90. The minimum Gasteiger partial charge on any atom is -0.506 e. The fourth-order valence-electron chi connectivity index (χ4n) is 2.64. The van der Waals surface area contributed by atoms with Crippen LogP contribution in [-0.2, 0) is 11.3 Å². The largest absolute Gasteiger partial charge is 0.506 e. The van der Waals surface area contributed by atoms with Crippen molar-refractivity contribution >= 4 is 60.8 Å². The molecule has 7 heteroatoms. The van der Waals surface area contributed by atoms with Gasteiger partial charge < -0.3 is 10.4 Å². The van der Waals surface area contributed by atoms with E-state index in [0.717, 1.165) is 11.1 Å². The van der Waals surface area contributed by atoms with E-state index in [0.29, 0.717) is 25.6 Å². The number of aromatic hydroxyl groups is 1. The van der Waals surface area contributed by atoms with Gasteiger partial charge in [-0.15, -0.1) is 0 Å². The molecule has 3 rings (SSSR count). The Bertz CT molecular complexity index is 911. The van der Waals surface area contributed by atoms with Gasteiger partial charge in [-0.2, -0.15) is 0 Å². The van der Waals surface area contributed by atoms with Gasteiger partial charge in [0.1, 0.15) is 5.75 Å². The van der Waals surface area contributed by atoms with Crippen LogP contribution in [0.2, 0.25) is 0 Å². The number of benzene rings is 2. The molecule has 2 N–H and O–H groups in total. The van der Waals surface area contributed by atoms with Gasteiger partial charge in [-0.1, -0.05) is 29.3 Å². The second-order valence-electron chi connectivity index (χ2n) is 6.02. The number of aliphatic imine (C=N–C) groups is 1. The van der Waals surface area contributed by atoms with Crippen molar-refractivity contribution < 1.29 is 9.90 Å². The summed E-state index contributed by atoms with van der Waals surface area (Å²) < 4.78 is 1.12. The summed E-state index contributed by atoms with van der Waals surface area (Å²) in [5, 5.41) is 13.2. The molecule has 1 heterocycles. The second-order valence-corrected chi connectivity index (χ2v) is 8.75. The van der Waals surface area contributed by atoms with Gasteiger partial charge in [0, 0.05) is 0 Å². The third-order valence-corrected chi connectivity index (χ3v) is 5.83. The van der Waals surface area contributed by atoms with Gasteiger partial charge in [-0.25, -0.2) is 0 Å². The molecule has 0 saturated carbocycles. The van der Waals surface area contributed by atoms with E-state index in [1.54, 1.807) is 18.2 Å². The molecule has 0 unspecified atom stereocenters. The molecule has 2 aromatic carbocycles. The van der Waals surface area contributed by atoms with Gasteiger partial charge in [0.15, 0.2) is 5.17 Å². The molecular weight excluding hydrogens is 480 g/mol. The molecule has 134 valence electrons. The van der Waals surface area contributed by atoms with Crippen LogP contribution >= 0.6 is 43.6 Å². The number of thioether (sulfide) groups is 1. The predicted octanol–water partition coefficient (Wildman–Crippen LogP) is 5.29. The maximum absolute atomic E-state index is 12.2. The number of aryl methyl sites for hydroxylation is 2. The zero-order valence-electron chi connectivity index (χ0n) is 14.1. The number of halogens is 2. The van der Waals surface area contributed by atoms with E-state index in [1.807, 2.05) is 0 Å². The van der Waals surface area contributed by atoms with E-state index in [4.69, 9.17) is 0 Å². The van der Waals surface area contributed by atoms with Crippen molar-refractivity contribution in [3.63, 3.8) is 0 Å². The van der Waals surface area contributed by atoms with E-state index in [1.165, 1.54) is 22.9 Å². The van der Waals surface area contributed by atoms with Crippen molar-refractivity contribution in [3.8, 4) is 5.75 Å². The Morgan fingerprint density at radius 3 is 2.35 bits per heavy atom. The fraction of sp³-hybridized carbons (Fsp3) is 0.158. The summed E-state index contributed by atoms with van der Waals surface area (Å²) in [4.78, 5) is 17.3. The Labute approximate surface area is 173 Å². The van der Waals surface area contributed by atoms with Crippen molar-refractivity contribution in [3.05, 3.63) is 66.4 Å². The van der Waals surface area contributed by atoms with Gasteiger partial charge in [0.2, 0.25) is 0 Å². The molecule has 0 bridgehead atoms.